The zero-order valence-electron chi connectivity index (χ0n) is 14.4. The number of hydrogen-bond acceptors (Lipinski definition) is 7. The highest BCUT2D eigenvalue weighted by atomic mass is 32.2. The van der Waals surface area contributed by atoms with Crippen LogP contribution in [0.1, 0.15) is 36.3 Å². The molecule has 0 spiro atoms. The number of nitro groups is 1. The van der Waals surface area contributed by atoms with Crippen molar-refractivity contribution >= 4 is 29.1 Å². The average Bonchev–Trinajstić information content (AvgIpc) is 2.66. The van der Waals surface area contributed by atoms with Crippen molar-refractivity contribution in [1.82, 2.24) is 9.97 Å². The highest BCUT2D eigenvalue weighted by Gasteiger charge is 2.38. The predicted molar refractivity (Wildman–Crippen MR) is 101 cm³/mol. The van der Waals surface area contributed by atoms with Gasteiger partial charge in [0, 0.05) is 35.7 Å². The molecule has 2 N–H and O–H groups in total. The molecule has 0 amide bonds. The van der Waals surface area contributed by atoms with Gasteiger partial charge < -0.3 is 10.3 Å². The van der Waals surface area contributed by atoms with E-state index in [2.05, 4.69) is 15.3 Å². The number of thioether (sulfide) groups is 1. The number of carbonyl (C=O) groups is 1. The maximum atomic E-state index is 12.8. The van der Waals surface area contributed by atoms with Crippen LogP contribution in [0.15, 0.2) is 45.5 Å². The maximum Gasteiger partial charge on any atom is 0.269 e. The minimum Gasteiger partial charge on any atom is -0.343 e. The number of benzene rings is 1. The molecule has 2 heterocycles. The molecule has 9 heteroatoms. The Morgan fingerprint density at radius 3 is 2.85 bits per heavy atom. The lowest BCUT2D eigenvalue weighted by Crippen LogP contribution is -2.32. The summed E-state index contributed by atoms with van der Waals surface area (Å²) < 4.78 is 0. The molecule has 0 saturated carbocycles. The number of H-pyrrole nitrogens is 1. The molecule has 1 aromatic heterocycles. The van der Waals surface area contributed by atoms with Crippen LogP contribution in [0.4, 0.5) is 11.5 Å². The fourth-order valence-corrected chi connectivity index (χ4v) is 4.07. The van der Waals surface area contributed by atoms with Crippen molar-refractivity contribution in [3.8, 4) is 0 Å². The number of rotatable bonds is 3. The number of nitrogens with zero attached hydrogens (tertiary/aromatic N) is 2. The van der Waals surface area contributed by atoms with E-state index in [0.29, 0.717) is 40.5 Å². The van der Waals surface area contributed by atoms with Gasteiger partial charge in [0.15, 0.2) is 10.9 Å². The van der Waals surface area contributed by atoms with Gasteiger partial charge in [0.25, 0.3) is 11.2 Å². The summed E-state index contributed by atoms with van der Waals surface area (Å²) in [6.07, 6.45) is 3.60. The Morgan fingerprint density at radius 1 is 1.30 bits per heavy atom. The van der Waals surface area contributed by atoms with Crippen LogP contribution >= 0.6 is 11.8 Å². The summed E-state index contributed by atoms with van der Waals surface area (Å²) in [7, 11) is 0. The number of non-ortho nitro benzene ring substituents is 1. The van der Waals surface area contributed by atoms with Gasteiger partial charge in [0.05, 0.1) is 10.5 Å². The van der Waals surface area contributed by atoms with Gasteiger partial charge in [-0.25, -0.2) is 4.98 Å². The summed E-state index contributed by atoms with van der Waals surface area (Å²) in [4.78, 5) is 43.4. The maximum absolute atomic E-state index is 12.8. The van der Waals surface area contributed by atoms with E-state index in [1.165, 1.54) is 23.9 Å². The molecule has 0 fully saturated rings. The van der Waals surface area contributed by atoms with E-state index < -0.39 is 10.8 Å². The van der Waals surface area contributed by atoms with Crippen molar-refractivity contribution in [2.45, 2.75) is 30.3 Å². The second-order valence-electron chi connectivity index (χ2n) is 6.42. The van der Waals surface area contributed by atoms with Crippen LogP contribution in [0.25, 0.3) is 0 Å². The fraction of sp³-hybridized carbons (Fsp3) is 0.278. The van der Waals surface area contributed by atoms with E-state index in [1.54, 1.807) is 18.4 Å². The number of aromatic nitrogens is 2. The molecule has 1 aliphatic carbocycles. The number of fused-ring (bicyclic) bond motifs is 1. The van der Waals surface area contributed by atoms with Gasteiger partial charge in [-0.1, -0.05) is 23.9 Å². The summed E-state index contributed by atoms with van der Waals surface area (Å²) in [6, 6.07) is 6.10. The summed E-state index contributed by atoms with van der Waals surface area (Å²) in [6.45, 7) is 0. The van der Waals surface area contributed by atoms with Gasteiger partial charge in [0.2, 0.25) is 0 Å². The largest absolute Gasteiger partial charge is 0.343 e. The Bertz CT molecular complexity index is 1060. The number of aromatic amines is 1. The van der Waals surface area contributed by atoms with Crippen molar-refractivity contribution < 1.29 is 9.72 Å². The molecule has 138 valence electrons. The molecule has 1 atom stereocenters. The van der Waals surface area contributed by atoms with Crippen LogP contribution in [-0.2, 0) is 4.79 Å². The number of Topliss-reactive ketones (excluding diaryl/α,β-unsaturated/α-hetero) is 1. The molecule has 0 radical (unpaired) electrons. The zero-order valence-corrected chi connectivity index (χ0v) is 15.3. The number of carbonyl (C=O) groups excluding carboxylic acids is 1. The third-order valence-corrected chi connectivity index (χ3v) is 5.42. The van der Waals surface area contributed by atoms with Gasteiger partial charge in [-0.15, -0.1) is 0 Å². The van der Waals surface area contributed by atoms with E-state index in [9.17, 15) is 19.7 Å². The van der Waals surface area contributed by atoms with Crippen LogP contribution in [0.3, 0.4) is 0 Å². The molecule has 4 rings (SSSR count). The lowest BCUT2D eigenvalue weighted by Gasteiger charge is -2.32. The van der Waals surface area contributed by atoms with E-state index in [0.717, 1.165) is 12.1 Å². The molecule has 1 aliphatic heterocycles. The van der Waals surface area contributed by atoms with Crippen LogP contribution in [0, 0.1) is 10.1 Å². The van der Waals surface area contributed by atoms with Crippen molar-refractivity contribution in [3.05, 3.63) is 67.1 Å². The van der Waals surface area contributed by atoms with Crippen molar-refractivity contribution in [2.75, 3.05) is 11.6 Å². The first kappa shape index (κ1) is 17.5. The number of allylic oxidation sites excluding steroid dienone is 2. The highest BCUT2D eigenvalue weighted by molar-refractivity contribution is 7.98. The fourth-order valence-electron chi connectivity index (χ4n) is 3.69. The number of nitro benzene ring substituents is 1. The van der Waals surface area contributed by atoms with Crippen molar-refractivity contribution in [1.29, 1.82) is 0 Å². The number of ketones is 1. The molecule has 0 bridgehead atoms. The number of nitrogens with one attached hydrogen (secondary N) is 2. The van der Waals surface area contributed by atoms with Crippen LogP contribution in [0.2, 0.25) is 0 Å². The first-order valence-corrected chi connectivity index (χ1v) is 9.68. The van der Waals surface area contributed by atoms with Gasteiger partial charge in [0.1, 0.15) is 5.82 Å². The summed E-state index contributed by atoms with van der Waals surface area (Å²) in [5.41, 5.74) is 1.70. The molecule has 1 aromatic carbocycles. The normalized spacial score (nSPS) is 18.6. The van der Waals surface area contributed by atoms with Crippen LogP contribution < -0.4 is 10.9 Å². The lowest BCUT2D eigenvalue weighted by atomic mass is 9.76. The van der Waals surface area contributed by atoms with E-state index in [4.69, 9.17) is 0 Å². The standard InChI is InChI=1S/C18H16N4O4S/c1-27-18-20-16-15(17(24)21-18)13(9-4-2-5-10(8-9)22(25)26)14-11(19-16)6-3-7-12(14)23/h2,4-5,8,13H,3,6-7H2,1H3,(H2,19,20,21,24). The third-order valence-electron chi connectivity index (χ3n) is 4.84. The van der Waals surface area contributed by atoms with Crippen LogP contribution in [-0.4, -0.2) is 26.9 Å². The van der Waals surface area contributed by atoms with Gasteiger partial charge in [-0.3, -0.25) is 19.7 Å². The minimum atomic E-state index is -0.670. The van der Waals surface area contributed by atoms with Crippen molar-refractivity contribution in [3.63, 3.8) is 0 Å². The Hall–Kier alpha value is -2.94. The van der Waals surface area contributed by atoms with E-state index in [-0.39, 0.29) is 17.0 Å². The van der Waals surface area contributed by atoms with Gasteiger partial charge in [-0.2, -0.15) is 0 Å². The smallest absolute Gasteiger partial charge is 0.269 e. The molecule has 1 unspecified atom stereocenters. The monoisotopic (exact) mass is 384 g/mol. The van der Waals surface area contributed by atoms with E-state index in [1.807, 2.05) is 0 Å². The quantitative estimate of drug-likeness (QED) is 0.361. The Morgan fingerprint density at radius 2 is 2.11 bits per heavy atom. The Labute approximate surface area is 158 Å². The number of hydrogen-bond donors (Lipinski definition) is 2. The second-order valence-corrected chi connectivity index (χ2v) is 7.21. The van der Waals surface area contributed by atoms with Gasteiger partial charge in [-0.05, 0) is 24.7 Å². The van der Waals surface area contributed by atoms with E-state index >= 15 is 0 Å². The molecule has 0 saturated heterocycles. The molecule has 27 heavy (non-hydrogen) atoms. The second kappa shape index (κ2) is 6.66. The van der Waals surface area contributed by atoms with Crippen molar-refractivity contribution in [2.24, 2.45) is 0 Å². The predicted octanol–water partition coefficient (Wildman–Crippen LogP) is 2.96. The SMILES string of the molecule is CSc1nc2c(c(=O)[nH]1)C(c1cccc([N+](=O)[O-])c1)C1=C(CCCC1=O)N2. The molecule has 2 aliphatic rings. The zero-order chi connectivity index (χ0) is 19.1. The summed E-state index contributed by atoms with van der Waals surface area (Å²) in [5, 5.41) is 14.8. The summed E-state index contributed by atoms with van der Waals surface area (Å²) >= 11 is 1.31. The Balaban J connectivity index is 1.98. The molecule has 8 nitrogen and oxygen atoms in total. The number of anilines is 1. The topological polar surface area (TPSA) is 118 Å². The third kappa shape index (κ3) is 2.93. The summed E-state index contributed by atoms with van der Waals surface area (Å²) in [5.74, 6) is -0.302. The molecular formula is C18H16N4O4S. The average molecular weight is 384 g/mol. The molecular weight excluding hydrogens is 368 g/mol. The molecule has 2 aromatic rings. The lowest BCUT2D eigenvalue weighted by molar-refractivity contribution is -0.384. The van der Waals surface area contributed by atoms with Gasteiger partial charge >= 0.3 is 0 Å². The minimum absolute atomic E-state index is 0.0424. The Kier molecular flexibility index (Phi) is 4.31. The highest BCUT2D eigenvalue weighted by Crippen LogP contribution is 2.43. The first-order valence-electron chi connectivity index (χ1n) is 8.45. The van der Waals surface area contributed by atoms with Crippen LogP contribution in [0.5, 0.6) is 0 Å². The first-order chi connectivity index (χ1) is 13.0.